The summed E-state index contributed by atoms with van der Waals surface area (Å²) in [6.45, 7) is 3.92. The quantitative estimate of drug-likeness (QED) is 0.637. The van der Waals surface area contributed by atoms with E-state index in [0.717, 1.165) is 23.5 Å². The third-order valence-electron chi connectivity index (χ3n) is 4.20. The number of aliphatic imine (C=N–C) groups is 1. The Morgan fingerprint density at radius 2 is 2.19 bits per heavy atom. The van der Waals surface area contributed by atoms with E-state index in [1.807, 2.05) is 19.9 Å². The lowest BCUT2D eigenvalue weighted by Gasteiger charge is -2.04. The minimum absolute atomic E-state index is 0.454. The average molecular weight is 283 g/mol. The lowest BCUT2D eigenvalue weighted by atomic mass is 10.2. The maximum atomic E-state index is 5.16. The van der Waals surface area contributed by atoms with Crippen molar-refractivity contribution in [1.29, 1.82) is 0 Å². The maximum Gasteiger partial charge on any atom is 0.184 e. The van der Waals surface area contributed by atoms with Crippen LogP contribution >= 0.6 is 0 Å². The molecule has 1 aromatic carbocycles. The molecule has 110 valence electrons. The highest BCUT2D eigenvalue weighted by molar-refractivity contribution is 5.76. The van der Waals surface area contributed by atoms with E-state index in [-0.39, 0.29) is 0 Å². The molecule has 0 amide bonds. The van der Waals surface area contributed by atoms with Crippen LogP contribution in [0.5, 0.6) is 0 Å². The first-order valence-electron chi connectivity index (χ1n) is 7.32. The monoisotopic (exact) mass is 283 g/mol. The van der Waals surface area contributed by atoms with Gasteiger partial charge in [0, 0.05) is 31.5 Å². The van der Waals surface area contributed by atoms with Crippen LogP contribution in [0.2, 0.25) is 0 Å². The van der Waals surface area contributed by atoms with Gasteiger partial charge in [-0.2, -0.15) is 0 Å². The van der Waals surface area contributed by atoms with E-state index in [9.17, 15) is 0 Å². The van der Waals surface area contributed by atoms with Crippen molar-refractivity contribution >= 4 is 16.9 Å². The minimum atomic E-state index is 0.454. The highest BCUT2D eigenvalue weighted by atomic mass is 16.5. The van der Waals surface area contributed by atoms with E-state index in [2.05, 4.69) is 40.9 Å². The summed E-state index contributed by atoms with van der Waals surface area (Å²) < 4.78 is 7.37. The van der Waals surface area contributed by atoms with Crippen LogP contribution in [-0.4, -0.2) is 22.6 Å². The number of fused-ring (bicyclic) bond motifs is 1. The first-order valence-corrected chi connectivity index (χ1v) is 7.32. The highest BCUT2D eigenvalue weighted by Crippen LogP contribution is 2.52. The molecule has 0 saturated heterocycles. The molecule has 0 aliphatic heterocycles. The van der Waals surface area contributed by atoms with Gasteiger partial charge in [0.05, 0.1) is 18.1 Å². The molecule has 2 aromatic rings. The number of hydrogen-bond acceptors (Lipinski definition) is 3. The average Bonchev–Trinajstić information content (AvgIpc) is 3.23. The molecule has 0 N–H and O–H groups in total. The van der Waals surface area contributed by atoms with Gasteiger partial charge in [-0.15, -0.1) is 0 Å². The fourth-order valence-electron chi connectivity index (χ4n) is 2.89. The van der Waals surface area contributed by atoms with Gasteiger partial charge < -0.3 is 9.30 Å². The van der Waals surface area contributed by atoms with Crippen LogP contribution in [0.1, 0.15) is 32.0 Å². The predicted molar refractivity (Wildman–Crippen MR) is 85.4 cm³/mol. The molecule has 1 heterocycles. The lowest BCUT2D eigenvalue weighted by Crippen LogP contribution is -1.99. The molecule has 1 aliphatic carbocycles. The number of ether oxygens (including phenoxy) is 1. The van der Waals surface area contributed by atoms with Crippen molar-refractivity contribution < 1.29 is 4.74 Å². The summed E-state index contributed by atoms with van der Waals surface area (Å²) in [5.74, 6) is 2.78. The van der Waals surface area contributed by atoms with Crippen LogP contribution < -0.4 is 0 Å². The van der Waals surface area contributed by atoms with Gasteiger partial charge in [-0.25, -0.2) is 9.98 Å². The van der Waals surface area contributed by atoms with Gasteiger partial charge in [0.25, 0.3) is 0 Å². The Labute approximate surface area is 125 Å². The van der Waals surface area contributed by atoms with Gasteiger partial charge >= 0.3 is 0 Å². The zero-order valence-electron chi connectivity index (χ0n) is 13.0. The number of methoxy groups -OCH3 is 1. The van der Waals surface area contributed by atoms with Crippen LogP contribution in [0.3, 0.4) is 0 Å². The summed E-state index contributed by atoms with van der Waals surface area (Å²) in [4.78, 5) is 9.35. The largest absolute Gasteiger partial charge is 0.484 e. The Morgan fingerprint density at radius 1 is 1.43 bits per heavy atom. The number of aromatic nitrogens is 2. The molecule has 2 atom stereocenters. The number of benzene rings is 1. The van der Waals surface area contributed by atoms with E-state index in [0.29, 0.717) is 17.7 Å². The Kier molecular flexibility index (Phi) is 3.53. The molecule has 1 aliphatic rings. The van der Waals surface area contributed by atoms with Crippen molar-refractivity contribution in [1.82, 2.24) is 9.55 Å². The predicted octanol–water partition coefficient (Wildman–Crippen LogP) is 3.65. The maximum absolute atomic E-state index is 5.16. The van der Waals surface area contributed by atoms with Crippen LogP contribution in [0.4, 0.5) is 0 Å². The van der Waals surface area contributed by atoms with E-state index in [1.54, 1.807) is 7.11 Å². The number of aryl methyl sites for hydroxylation is 1. The second kappa shape index (κ2) is 5.35. The molecule has 0 bridgehead atoms. The number of nitrogens with zero attached hydrogens (tertiary/aromatic N) is 3. The highest BCUT2D eigenvalue weighted by Gasteiger charge is 2.44. The Balaban J connectivity index is 1.88. The summed E-state index contributed by atoms with van der Waals surface area (Å²) >= 11 is 0. The fourth-order valence-corrected chi connectivity index (χ4v) is 2.89. The molecule has 0 spiro atoms. The number of allylic oxidation sites excluding steroid dienone is 2. The molecule has 3 rings (SSSR count). The van der Waals surface area contributed by atoms with Crippen LogP contribution in [0.25, 0.3) is 11.0 Å². The second-order valence-electron chi connectivity index (χ2n) is 5.51. The summed E-state index contributed by atoms with van der Waals surface area (Å²) in [5.41, 5.74) is 3.36. The van der Waals surface area contributed by atoms with Gasteiger partial charge in [-0.05, 0) is 25.5 Å². The Hall–Kier alpha value is -2.10. The van der Waals surface area contributed by atoms with E-state index in [4.69, 9.17) is 9.72 Å². The molecule has 1 fully saturated rings. The van der Waals surface area contributed by atoms with Gasteiger partial charge in [-0.3, -0.25) is 0 Å². The topological polar surface area (TPSA) is 39.4 Å². The van der Waals surface area contributed by atoms with Crippen molar-refractivity contribution in [2.24, 2.45) is 18.0 Å². The Morgan fingerprint density at radius 3 is 2.86 bits per heavy atom. The number of para-hydroxylation sites is 2. The molecule has 2 unspecified atom stereocenters. The van der Waals surface area contributed by atoms with Crippen molar-refractivity contribution in [2.75, 3.05) is 7.11 Å². The number of rotatable bonds is 3. The van der Waals surface area contributed by atoms with Crippen molar-refractivity contribution in [3.05, 3.63) is 41.9 Å². The molecular weight excluding hydrogens is 262 g/mol. The third-order valence-corrected chi connectivity index (χ3v) is 4.20. The molecule has 4 heteroatoms. The number of imidazole rings is 1. The first kappa shape index (κ1) is 13.9. The summed E-state index contributed by atoms with van der Waals surface area (Å²) in [7, 11) is 3.75. The lowest BCUT2D eigenvalue weighted by molar-refractivity contribution is 0.399. The first-order chi connectivity index (χ1) is 10.2. The van der Waals surface area contributed by atoms with E-state index < -0.39 is 0 Å². The second-order valence-corrected chi connectivity index (χ2v) is 5.51. The van der Waals surface area contributed by atoms with Gasteiger partial charge in [-0.1, -0.05) is 18.2 Å². The normalized spacial score (nSPS) is 22.7. The van der Waals surface area contributed by atoms with Crippen molar-refractivity contribution in [3.63, 3.8) is 0 Å². The van der Waals surface area contributed by atoms with Crippen LogP contribution in [0.15, 0.2) is 41.0 Å². The molecule has 21 heavy (non-hydrogen) atoms. The molecule has 4 nitrogen and oxygen atoms in total. The molecule has 0 radical (unpaired) electrons. The third kappa shape index (κ3) is 2.46. The van der Waals surface area contributed by atoms with Crippen molar-refractivity contribution in [2.45, 2.75) is 26.2 Å². The van der Waals surface area contributed by atoms with Gasteiger partial charge in [0.15, 0.2) is 5.90 Å². The molecule has 1 aromatic heterocycles. The van der Waals surface area contributed by atoms with Gasteiger partial charge in [0.2, 0.25) is 0 Å². The zero-order valence-corrected chi connectivity index (χ0v) is 13.0. The van der Waals surface area contributed by atoms with E-state index in [1.165, 1.54) is 5.52 Å². The SMILES string of the molecule is CC=C(N=C(C)OC)C1CC1c1nc2ccccc2n1C. The van der Waals surface area contributed by atoms with Gasteiger partial charge in [0.1, 0.15) is 5.82 Å². The Bertz CT molecular complexity index is 727. The molecule has 1 saturated carbocycles. The summed E-state index contributed by atoms with van der Waals surface area (Å²) in [5, 5.41) is 0. The summed E-state index contributed by atoms with van der Waals surface area (Å²) in [6.07, 6.45) is 3.19. The number of hydrogen-bond donors (Lipinski definition) is 0. The standard InChI is InChI=1S/C17H21N3O/c1-5-14(18-11(2)21-4)12-10-13(12)17-19-15-8-6-7-9-16(15)20(17)3/h5-9,12-13H,10H2,1-4H3. The van der Waals surface area contributed by atoms with Crippen LogP contribution in [-0.2, 0) is 11.8 Å². The molecular formula is C17H21N3O. The fraction of sp³-hybridized carbons (Fsp3) is 0.412. The van der Waals surface area contributed by atoms with Crippen molar-refractivity contribution in [3.8, 4) is 0 Å². The van der Waals surface area contributed by atoms with E-state index >= 15 is 0 Å². The smallest absolute Gasteiger partial charge is 0.184 e. The van der Waals surface area contributed by atoms with Crippen LogP contribution in [0, 0.1) is 5.92 Å². The minimum Gasteiger partial charge on any atom is -0.484 e. The zero-order chi connectivity index (χ0) is 15.0. The summed E-state index contributed by atoms with van der Waals surface area (Å²) in [6, 6.07) is 8.28.